The first-order valence-corrected chi connectivity index (χ1v) is 5.93. The lowest BCUT2D eigenvalue weighted by Crippen LogP contribution is -2.21. The Hall–Kier alpha value is -1.28. The van der Waals surface area contributed by atoms with Crippen LogP contribution < -0.4 is 10.1 Å². The first-order valence-electron chi connectivity index (χ1n) is 5.93. The number of ether oxygens (including phenoxy) is 1. The Balaban J connectivity index is 1.75. The minimum Gasteiger partial charge on any atom is -0.493 e. The number of aryl methyl sites for hydroxylation is 1. The molecule has 0 saturated carbocycles. The van der Waals surface area contributed by atoms with Gasteiger partial charge in [0, 0.05) is 13.0 Å². The van der Waals surface area contributed by atoms with E-state index in [1.165, 1.54) is 11.1 Å². The molecular formula is C14H19NO. The van der Waals surface area contributed by atoms with E-state index >= 15 is 0 Å². The second-order valence-corrected chi connectivity index (χ2v) is 4.23. The van der Waals surface area contributed by atoms with Crippen molar-refractivity contribution in [1.82, 2.24) is 5.32 Å². The zero-order valence-electron chi connectivity index (χ0n) is 9.83. The fourth-order valence-electron chi connectivity index (χ4n) is 1.83. The van der Waals surface area contributed by atoms with E-state index in [0.717, 1.165) is 38.3 Å². The molecule has 16 heavy (non-hydrogen) atoms. The molecule has 1 aliphatic heterocycles. The van der Waals surface area contributed by atoms with Crippen molar-refractivity contribution in [3.8, 4) is 5.75 Å². The molecule has 1 aromatic rings. The normalized spacial score (nSPS) is 15.7. The average Bonchev–Trinajstić information content (AvgIpc) is 2.33. The standard InChI is InChI=1S/C14H19NO/c1-12-2-4-14(5-3-12)16-11-8-13-6-9-15-10-7-13/h2-6,15H,7-11H2,1H3. The third kappa shape index (κ3) is 3.38. The smallest absolute Gasteiger partial charge is 0.119 e. The average molecular weight is 217 g/mol. The molecule has 0 saturated heterocycles. The van der Waals surface area contributed by atoms with Crippen molar-refractivity contribution in [2.45, 2.75) is 19.8 Å². The monoisotopic (exact) mass is 217 g/mol. The molecular weight excluding hydrogens is 198 g/mol. The quantitative estimate of drug-likeness (QED) is 0.783. The molecule has 2 nitrogen and oxygen atoms in total. The van der Waals surface area contributed by atoms with Gasteiger partial charge in [0.15, 0.2) is 0 Å². The SMILES string of the molecule is Cc1ccc(OCCC2=CCNCC2)cc1. The van der Waals surface area contributed by atoms with Gasteiger partial charge >= 0.3 is 0 Å². The highest BCUT2D eigenvalue weighted by atomic mass is 16.5. The van der Waals surface area contributed by atoms with Crippen molar-refractivity contribution < 1.29 is 4.74 Å². The third-order valence-electron chi connectivity index (χ3n) is 2.87. The van der Waals surface area contributed by atoms with Crippen molar-refractivity contribution in [3.63, 3.8) is 0 Å². The van der Waals surface area contributed by atoms with Gasteiger partial charge in [0.2, 0.25) is 0 Å². The molecule has 0 amide bonds. The van der Waals surface area contributed by atoms with Gasteiger partial charge < -0.3 is 10.1 Å². The first kappa shape index (κ1) is 11.2. The summed E-state index contributed by atoms with van der Waals surface area (Å²) in [6, 6.07) is 8.23. The van der Waals surface area contributed by atoms with Crippen molar-refractivity contribution in [1.29, 1.82) is 0 Å². The number of hydrogen-bond donors (Lipinski definition) is 1. The van der Waals surface area contributed by atoms with Gasteiger partial charge in [0.25, 0.3) is 0 Å². The summed E-state index contributed by atoms with van der Waals surface area (Å²) < 4.78 is 5.70. The Morgan fingerprint density at radius 3 is 2.75 bits per heavy atom. The maximum atomic E-state index is 5.70. The second kappa shape index (κ2) is 5.71. The Kier molecular flexibility index (Phi) is 4.00. The van der Waals surface area contributed by atoms with Crippen LogP contribution in [0.15, 0.2) is 35.9 Å². The van der Waals surface area contributed by atoms with Crippen molar-refractivity contribution in [2.75, 3.05) is 19.7 Å². The predicted octanol–water partition coefficient (Wildman–Crippen LogP) is 2.68. The topological polar surface area (TPSA) is 21.3 Å². The van der Waals surface area contributed by atoms with Crippen LogP contribution in [-0.2, 0) is 0 Å². The fourth-order valence-corrected chi connectivity index (χ4v) is 1.83. The molecule has 0 aliphatic carbocycles. The summed E-state index contributed by atoms with van der Waals surface area (Å²) in [6.07, 6.45) is 4.49. The molecule has 0 unspecified atom stereocenters. The third-order valence-corrected chi connectivity index (χ3v) is 2.87. The van der Waals surface area contributed by atoms with E-state index in [-0.39, 0.29) is 0 Å². The molecule has 0 radical (unpaired) electrons. The zero-order valence-corrected chi connectivity index (χ0v) is 9.83. The van der Waals surface area contributed by atoms with Crippen molar-refractivity contribution in [3.05, 3.63) is 41.5 Å². The fraction of sp³-hybridized carbons (Fsp3) is 0.429. The van der Waals surface area contributed by atoms with E-state index < -0.39 is 0 Å². The molecule has 2 heteroatoms. The maximum absolute atomic E-state index is 5.70. The van der Waals surface area contributed by atoms with Gasteiger partial charge in [0.05, 0.1) is 6.61 Å². The summed E-state index contributed by atoms with van der Waals surface area (Å²) in [5, 5.41) is 3.31. The molecule has 1 heterocycles. The summed E-state index contributed by atoms with van der Waals surface area (Å²) in [6.45, 7) is 4.99. The molecule has 1 aliphatic rings. The van der Waals surface area contributed by atoms with Crippen LogP contribution in [0.4, 0.5) is 0 Å². The highest BCUT2D eigenvalue weighted by Crippen LogP contribution is 2.14. The Labute approximate surface area is 97.3 Å². The predicted molar refractivity (Wildman–Crippen MR) is 66.9 cm³/mol. The zero-order chi connectivity index (χ0) is 11.2. The minimum absolute atomic E-state index is 0.787. The van der Waals surface area contributed by atoms with Crippen LogP contribution in [0.5, 0.6) is 5.75 Å². The summed E-state index contributed by atoms with van der Waals surface area (Å²) >= 11 is 0. The van der Waals surface area contributed by atoms with E-state index in [4.69, 9.17) is 4.74 Å². The molecule has 0 atom stereocenters. The number of benzene rings is 1. The summed E-state index contributed by atoms with van der Waals surface area (Å²) in [5.74, 6) is 0.972. The highest BCUT2D eigenvalue weighted by molar-refractivity contribution is 5.26. The lowest BCUT2D eigenvalue weighted by molar-refractivity contribution is 0.319. The lowest BCUT2D eigenvalue weighted by Gasteiger charge is -2.14. The molecule has 86 valence electrons. The Morgan fingerprint density at radius 1 is 1.25 bits per heavy atom. The van der Waals surface area contributed by atoms with Gasteiger partial charge in [-0.25, -0.2) is 0 Å². The molecule has 2 rings (SSSR count). The van der Waals surface area contributed by atoms with Gasteiger partial charge in [-0.15, -0.1) is 0 Å². The second-order valence-electron chi connectivity index (χ2n) is 4.23. The van der Waals surface area contributed by atoms with Crippen molar-refractivity contribution >= 4 is 0 Å². The van der Waals surface area contributed by atoms with Gasteiger partial charge in [0.1, 0.15) is 5.75 Å². The minimum atomic E-state index is 0.787. The Morgan fingerprint density at radius 2 is 2.06 bits per heavy atom. The molecule has 0 aromatic heterocycles. The van der Waals surface area contributed by atoms with Gasteiger partial charge in [-0.2, -0.15) is 0 Å². The summed E-state index contributed by atoms with van der Waals surface area (Å²) in [5.41, 5.74) is 2.79. The van der Waals surface area contributed by atoms with Gasteiger partial charge in [-0.3, -0.25) is 0 Å². The van der Waals surface area contributed by atoms with Crippen LogP contribution in [0, 0.1) is 6.92 Å². The van der Waals surface area contributed by atoms with Crippen LogP contribution >= 0.6 is 0 Å². The van der Waals surface area contributed by atoms with E-state index in [1.54, 1.807) is 0 Å². The van der Waals surface area contributed by atoms with E-state index in [0.29, 0.717) is 0 Å². The lowest BCUT2D eigenvalue weighted by atomic mass is 10.1. The summed E-state index contributed by atoms with van der Waals surface area (Å²) in [4.78, 5) is 0. The van der Waals surface area contributed by atoms with Gasteiger partial charge in [-0.1, -0.05) is 29.3 Å². The number of hydrogen-bond acceptors (Lipinski definition) is 2. The molecule has 0 bridgehead atoms. The van der Waals surface area contributed by atoms with Crippen LogP contribution in [0.25, 0.3) is 0 Å². The number of nitrogens with one attached hydrogen (secondary N) is 1. The molecule has 0 fully saturated rings. The summed E-state index contributed by atoms with van der Waals surface area (Å²) in [7, 11) is 0. The first-order chi connectivity index (χ1) is 7.84. The van der Waals surface area contributed by atoms with E-state index in [1.807, 2.05) is 12.1 Å². The van der Waals surface area contributed by atoms with E-state index in [9.17, 15) is 0 Å². The molecule has 1 aromatic carbocycles. The number of rotatable bonds is 4. The highest BCUT2D eigenvalue weighted by Gasteiger charge is 2.02. The van der Waals surface area contributed by atoms with Crippen LogP contribution in [0.3, 0.4) is 0 Å². The van der Waals surface area contributed by atoms with Gasteiger partial charge in [-0.05, 0) is 32.0 Å². The van der Waals surface area contributed by atoms with Crippen LogP contribution in [0.1, 0.15) is 18.4 Å². The van der Waals surface area contributed by atoms with Crippen LogP contribution in [-0.4, -0.2) is 19.7 Å². The Bertz CT molecular complexity index is 354. The van der Waals surface area contributed by atoms with E-state index in [2.05, 4.69) is 30.4 Å². The molecule has 1 N–H and O–H groups in total. The maximum Gasteiger partial charge on any atom is 0.119 e. The van der Waals surface area contributed by atoms with Crippen molar-refractivity contribution in [2.24, 2.45) is 0 Å². The molecule has 0 spiro atoms. The largest absolute Gasteiger partial charge is 0.493 e. The van der Waals surface area contributed by atoms with Crippen LogP contribution in [0.2, 0.25) is 0 Å².